The summed E-state index contributed by atoms with van der Waals surface area (Å²) in [5.74, 6) is -1.31. The Bertz CT molecular complexity index is 1320. The summed E-state index contributed by atoms with van der Waals surface area (Å²) in [5.41, 5.74) is -0.127. The molecule has 0 spiro atoms. The van der Waals surface area contributed by atoms with Crippen LogP contribution in [-0.4, -0.2) is 39.3 Å². The predicted octanol–water partition coefficient (Wildman–Crippen LogP) is 3.33. The zero-order valence-electron chi connectivity index (χ0n) is 17.0. The number of fused-ring (bicyclic) bond motifs is 1. The fourth-order valence-electron chi connectivity index (χ4n) is 3.68. The van der Waals surface area contributed by atoms with Gasteiger partial charge >= 0.3 is 0 Å². The molecule has 1 fully saturated rings. The minimum absolute atomic E-state index is 0.0498. The maximum absolute atomic E-state index is 13.6. The van der Waals surface area contributed by atoms with E-state index in [-0.39, 0.29) is 28.1 Å². The number of benzene rings is 2. The van der Waals surface area contributed by atoms with Gasteiger partial charge in [0.05, 0.1) is 35.1 Å². The van der Waals surface area contributed by atoms with Crippen molar-refractivity contribution in [3.63, 3.8) is 0 Å². The van der Waals surface area contributed by atoms with Gasteiger partial charge in [-0.3, -0.25) is 9.35 Å². The normalized spacial score (nSPS) is 15.7. The highest BCUT2D eigenvalue weighted by atomic mass is 32.2. The lowest BCUT2D eigenvalue weighted by Crippen LogP contribution is -2.38. The van der Waals surface area contributed by atoms with Crippen molar-refractivity contribution in [3.8, 4) is 0 Å². The molecule has 1 saturated heterocycles. The van der Waals surface area contributed by atoms with Gasteiger partial charge in [0.25, 0.3) is 10.1 Å². The third-order valence-electron chi connectivity index (χ3n) is 5.15. The van der Waals surface area contributed by atoms with Gasteiger partial charge in [0.1, 0.15) is 17.2 Å². The SMILES string of the molecule is CC(Nc1cc(F)cc(F)c1)c1c(N2CCOCC2)oc2ccc(S(=O)(=O)O)cc2c1=O. The van der Waals surface area contributed by atoms with Gasteiger partial charge in [-0.2, -0.15) is 8.42 Å². The van der Waals surface area contributed by atoms with E-state index >= 15 is 0 Å². The quantitative estimate of drug-likeness (QED) is 0.551. The van der Waals surface area contributed by atoms with Crippen LogP contribution in [0.2, 0.25) is 0 Å². The second-order valence-electron chi connectivity index (χ2n) is 7.41. The highest BCUT2D eigenvalue weighted by Crippen LogP contribution is 2.31. The number of nitrogens with one attached hydrogen (secondary N) is 1. The number of rotatable bonds is 5. The molecule has 1 unspecified atom stereocenters. The van der Waals surface area contributed by atoms with Crippen LogP contribution in [0.5, 0.6) is 0 Å². The van der Waals surface area contributed by atoms with Gasteiger partial charge in [0, 0.05) is 24.8 Å². The molecule has 0 aliphatic carbocycles. The van der Waals surface area contributed by atoms with Gasteiger partial charge in [0.2, 0.25) is 5.88 Å². The van der Waals surface area contributed by atoms with Crippen LogP contribution in [0.15, 0.2) is 50.5 Å². The Labute approximate surface area is 182 Å². The van der Waals surface area contributed by atoms with E-state index in [1.807, 2.05) is 4.90 Å². The topological polar surface area (TPSA) is 109 Å². The molecule has 32 heavy (non-hydrogen) atoms. The lowest BCUT2D eigenvalue weighted by atomic mass is 10.1. The summed E-state index contributed by atoms with van der Waals surface area (Å²) in [6.07, 6.45) is 0. The summed E-state index contributed by atoms with van der Waals surface area (Å²) >= 11 is 0. The molecule has 3 aromatic rings. The average molecular weight is 466 g/mol. The fourth-order valence-corrected chi connectivity index (χ4v) is 4.19. The Morgan fingerprint density at radius 3 is 2.38 bits per heavy atom. The number of ether oxygens (including phenoxy) is 1. The van der Waals surface area contributed by atoms with Crippen LogP contribution in [0.3, 0.4) is 0 Å². The van der Waals surface area contributed by atoms with Crippen LogP contribution in [-0.2, 0) is 14.9 Å². The number of anilines is 2. The van der Waals surface area contributed by atoms with E-state index < -0.39 is 38.1 Å². The Morgan fingerprint density at radius 1 is 1.09 bits per heavy atom. The van der Waals surface area contributed by atoms with Crippen molar-refractivity contribution in [2.24, 2.45) is 0 Å². The molecule has 0 amide bonds. The molecule has 0 bridgehead atoms. The number of halogens is 2. The van der Waals surface area contributed by atoms with E-state index in [1.165, 1.54) is 6.07 Å². The molecule has 8 nitrogen and oxygen atoms in total. The van der Waals surface area contributed by atoms with E-state index in [4.69, 9.17) is 9.15 Å². The molecule has 1 aromatic heterocycles. The Kier molecular flexibility index (Phi) is 5.89. The summed E-state index contributed by atoms with van der Waals surface area (Å²) in [4.78, 5) is 14.8. The Hall–Kier alpha value is -3.02. The minimum atomic E-state index is -4.54. The van der Waals surface area contributed by atoms with E-state index in [1.54, 1.807) is 6.92 Å². The van der Waals surface area contributed by atoms with Crippen LogP contribution in [0.25, 0.3) is 11.0 Å². The van der Waals surface area contributed by atoms with Crippen molar-refractivity contribution >= 4 is 32.7 Å². The molecule has 1 aliphatic rings. The largest absolute Gasteiger partial charge is 0.440 e. The van der Waals surface area contributed by atoms with Crippen molar-refractivity contribution in [3.05, 3.63) is 63.8 Å². The lowest BCUT2D eigenvalue weighted by molar-refractivity contribution is 0.120. The van der Waals surface area contributed by atoms with Crippen molar-refractivity contribution < 1.29 is 30.9 Å². The van der Waals surface area contributed by atoms with Crippen molar-refractivity contribution in [1.82, 2.24) is 0 Å². The molecule has 11 heteroatoms. The molecule has 2 heterocycles. The summed E-state index contributed by atoms with van der Waals surface area (Å²) in [5, 5.41) is 2.85. The molecule has 170 valence electrons. The van der Waals surface area contributed by atoms with Gasteiger partial charge in [-0.05, 0) is 37.3 Å². The molecule has 1 atom stereocenters. The Balaban J connectivity index is 1.88. The summed E-state index contributed by atoms with van der Waals surface area (Å²) in [7, 11) is -4.54. The molecular weight excluding hydrogens is 446 g/mol. The highest BCUT2D eigenvalue weighted by Gasteiger charge is 2.26. The van der Waals surface area contributed by atoms with Crippen LogP contribution >= 0.6 is 0 Å². The molecule has 4 rings (SSSR count). The zero-order chi connectivity index (χ0) is 23.0. The van der Waals surface area contributed by atoms with Gasteiger partial charge in [-0.15, -0.1) is 0 Å². The van der Waals surface area contributed by atoms with E-state index in [2.05, 4.69) is 5.32 Å². The third kappa shape index (κ3) is 4.45. The third-order valence-corrected chi connectivity index (χ3v) is 6.00. The van der Waals surface area contributed by atoms with E-state index in [0.29, 0.717) is 26.3 Å². The first kappa shape index (κ1) is 22.2. The van der Waals surface area contributed by atoms with Crippen LogP contribution in [0.4, 0.5) is 20.4 Å². The molecule has 0 radical (unpaired) electrons. The number of hydrogen-bond acceptors (Lipinski definition) is 7. The van der Waals surface area contributed by atoms with Gasteiger partial charge < -0.3 is 19.4 Å². The fraction of sp³-hybridized carbons (Fsp3) is 0.286. The highest BCUT2D eigenvalue weighted by molar-refractivity contribution is 7.85. The zero-order valence-corrected chi connectivity index (χ0v) is 17.8. The van der Waals surface area contributed by atoms with Crippen LogP contribution in [0, 0.1) is 11.6 Å². The first-order valence-electron chi connectivity index (χ1n) is 9.77. The summed E-state index contributed by atoms with van der Waals surface area (Å²) in [6.45, 7) is 3.36. The smallest absolute Gasteiger partial charge is 0.294 e. The monoisotopic (exact) mass is 466 g/mol. The number of morpholine rings is 1. The van der Waals surface area contributed by atoms with Gasteiger partial charge in [0.15, 0.2) is 5.43 Å². The lowest BCUT2D eigenvalue weighted by Gasteiger charge is -2.30. The van der Waals surface area contributed by atoms with E-state index in [0.717, 1.165) is 30.3 Å². The van der Waals surface area contributed by atoms with Crippen molar-refractivity contribution in [1.29, 1.82) is 0 Å². The predicted molar refractivity (Wildman–Crippen MR) is 114 cm³/mol. The maximum atomic E-state index is 13.6. The second-order valence-corrected chi connectivity index (χ2v) is 8.83. The second kappa shape index (κ2) is 8.49. The minimum Gasteiger partial charge on any atom is -0.440 e. The maximum Gasteiger partial charge on any atom is 0.294 e. The first-order chi connectivity index (χ1) is 15.1. The van der Waals surface area contributed by atoms with Crippen LogP contribution in [0.1, 0.15) is 18.5 Å². The van der Waals surface area contributed by atoms with Crippen molar-refractivity contribution in [2.75, 3.05) is 36.5 Å². The van der Waals surface area contributed by atoms with E-state index in [9.17, 15) is 26.5 Å². The summed E-state index contributed by atoms with van der Waals surface area (Å²) < 4.78 is 71.1. The van der Waals surface area contributed by atoms with Crippen LogP contribution < -0.4 is 15.6 Å². The van der Waals surface area contributed by atoms with Crippen molar-refractivity contribution in [2.45, 2.75) is 17.9 Å². The molecule has 1 aliphatic heterocycles. The number of hydrogen-bond donors (Lipinski definition) is 2. The molecule has 0 saturated carbocycles. The summed E-state index contributed by atoms with van der Waals surface area (Å²) in [6, 6.07) is 5.63. The number of nitrogens with zero attached hydrogens (tertiary/aromatic N) is 1. The molecule has 2 N–H and O–H groups in total. The first-order valence-corrected chi connectivity index (χ1v) is 11.2. The van der Waals surface area contributed by atoms with Gasteiger partial charge in [-0.1, -0.05) is 0 Å². The molecular formula is C21H20F2N2O6S. The standard InChI is InChI=1S/C21H20F2N2O6S/c1-12(24-15-9-13(22)8-14(23)10-15)19-20(26)17-11-16(32(27,28)29)2-3-18(17)31-21(19)25-4-6-30-7-5-25/h2-3,8-12,24H,4-7H2,1H3,(H,27,28,29). The molecule has 2 aromatic carbocycles. The average Bonchev–Trinajstić information content (AvgIpc) is 2.72. The van der Waals surface area contributed by atoms with Gasteiger partial charge in [-0.25, -0.2) is 8.78 Å². The Morgan fingerprint density at radius 2 is 1.75 bits per heavy atom.